The molecule has 30 heavy (non-hydrogen) atoms. The van der Waals surface area contributed by atoms with Crippen molar-refractivity contribution >= 4 is 17.2 Å². The number of nitrogens with zero attached hydrogens (tertiary/aromatic N) is 3. The van der Waals surface area contributed by atoms with Gasteiger partial charge in [0.1, 0.15) is 0 Å². The Morgan fingerprint density at radius 2 is 2.00 bits per heavy atom. The van der Waals surface area contributed by atoms with E-state index in [4.69, 9.17) is 9.84 Å². The third-order valence-corrected chi connectivity index (χ3v) is 5.41. The molecule has 9 heteroatoms. The van der Waals surface area contributed by atoms with E-state index in [1.165, 1.54) is 12.1 Å². The lowest BCUT2D eigenvalue weighted by atomic mass is 10.1. The number of hydrogen-bond acceptors (Lipinski definition) is 6. The predicted octanol–water partition coefficient (Wildman–Crippen LogP) is 4.42. The summed E-state index contributed by atoms with van der Waals surface area (Å²) < 4.78 is 45.2. The van der Waals surface area contributed by atoms with Crippen molar-refractivity contribution in [3.63, 3.8) is 0 Å². The van der Waals surface area contributed by atoms with Gasteiger partial charge in [-0.3, -0.25) is 0 Å². The fourth-order valence-corrected chi connectivity index (χ4v) is 4.09. The Balaban J connectivity index is 1.65. The van der Waals surface area contributed by atoms with Gasteiger partial charge in [0.05, 0.1) is 12.1 Å². The SMILES string of the molecule is COC1N(CCNCc2ccccc2C(F)(F)F)N=C(c2ccsc2)N1CC(C)C. The van der Waals surface area contributed by atoms with Crippen LogP contribution in [0, 0.1) is 5.92 Å². The molecule has 0 bridgehead atoms. The molecule has 2 heterocycles. The van der Waals surface area contributed by atoms with Crippen molar-refractivity contribution in [2.75, 3.05) is 26.7 Å². The average molecular weight is 441 g/mol. The summed E-state index contributed by atoms with van der Waals surface area (Å²) in [7, 11) is 1.64. The molecule has 1 aliphatic heterocycles. The molecular weight excluding hydrogens is 413 g/mol. The van der Waals surface area contributed by atoms with Gasteiger partial charge in [0.2, 0.25) is 6.35 Å². The van der Waals surface area contributed by atoms with Crippen molar-refractivity contribution in [2.24, 2.45) is 11.0 Å². The van der Waals surface area contributed by atoms with Crippen LogP contribution in [0.2, 0.25) is 0 Å². The maximum absolute atomic E-state index is 13.2. The van der Waals surface area contributed by atoms with Gasteiger partial charge in [0.25, 0.3) is 0 Å². The second-order valence-electron chi connectivity index (χ2n) is 7.54. The summed E-state index contributed by atoms with van der Waals surface area (Å²) in [6.45, 7) is 6.19. The molecule has 3 rings (SSSR count). The highest BCUT2D eigenvalue weighted by atomic mass is 32.1. The summed E-state index contributed by atoms with van der Waals surface area (Å²) in [6, 6.07) is 7.67. The Labute approximate surface area is 179 Å². The van der Waals surface area contributed by atoms with Gasteiger partial charge in [-0.25, -0.2) is 5.01 Å². The molecule has 0 spiro atoms. The van der Waals surface area contributed by atoms with Crippen LogP contribution in [0.15, 0.2) is 46.2 Å². The molecule has 1 aromatic heterocycles. The highest BCUT2D eigenvalue weighted by Crippen LogP contribution is 2.31. The van der Waals surface area contributed by atoms with Gasteiger partial charge in [0.15, 0.2) is 5.84 Å². The number of halogens is 3. The van der Waals surface area contributed by atoms with Gasteiger partial charge >= 0.3 is 6.18 Å². The van der Waals surface area contributed by atoms with E-state index in [0.717, 1.165) is 24.0 Å². The number of thiophene rings is 1. The Kier molecular flexibility index (Phi) is 7.38. The van der Waals surface area contributed by atoms with Crippen molar-refractivity contribution in [3.8, 4) is 0 Å². The van der Waals surface area contributed by atoms with Gasteiger partial charge in [-0.1, -0.05) is 32.0 Å². The van der Waals surface area contributed by atoms with Crippen LogP contribution in [0.5, 0.6) is 0 Å². The molecule has 0 amide bonds. The summed E-state index contributed by atoms with van der Waals surface area (Å²) >= 11 is 1.61. The first-order chi connectivity index (χ1) is 14.3. The summed E-state index contributed by atoms with van der Waals surface area (Å²) in [5, 5.41) is 13.8. The van der Waals surface area contributed by atoms with E-state index in [2.05, 4.69) is 29.4 Å². The molecule has 0 radical (unpaired) electrons. The molecule has 164 valence electrons. The number of alkyl halides is 3. The van der Waals surface area contributed by atoms with Gasteiger partial charge in [-0.15, -0.1) is 0 Å². The van der Waals surface area contributed by atoms with Gasteiger partial charge in [-0.2, -0.15) is 29.6 Å². The van der Waals surface area contributed by atoms with E-state index in [9.17, 15) is 13.2 Å². The lowest BCUT2D eigenvalue weighted by Gasteiger charge is -2.31. The maximum atomic E-state index is 13.2. The van der Waals surface area contributed by atoms with E-state index in [0.29, 0.717) is 19.0 Å². The smallest absolute Gasteiger partial charge is 0.343 e. The first kappa shape index (κ1) is 22.6. The van der Waals surface area contributed by atoms with Crippen molar-refractivity contribution in [1.82, 2.24) is 15.2 Å². The summed E-state index contributed by atoms with van der Waals surface area (Å²) in [5.41, 5.74) is 0.671. The first-order valence-corrected chi connectivity index (χ1v) is 10.8. The number of nitrogens with one attached hydrogen (secondary N) is 1. The number of hydrazone groups is 1. The third-order valence-electron chi connectivity index (χ3n) is 4.72. The molecule has 5 nitrogen and oxygen atoms in total. The van der Waals surface area contributed by atoms with E-state index >= 15 is 0 Å². The third kappa shape index (κ3) is 5.33. The number of methoxy groups -OCH3 is 1. The molecule has 0 aliphatic carbocycles. The zero-order valence-corrected chi connectivity index (χ0v) is 18.1. The average Bonchev–Trinajstić information content (AvgIpc) is 3.32. The lowest BCUT2D eigenvalue weighted by molar-refractivity contribution is -0.138. The molecule has 2 aromatic rings. The summed E-state index contributed by atoms with van der Waals surface area (Å²) in [5.74, 6) is 1.28. The normalized spacial score (nSPS) is 17.2. The van der Waals surface area contributed by atoms with Gasteiger partial charge in [0, 0.05) is 37.7 Å². The minimum Gasteiger partial charge on any atom is -0.343 e. The maximum Gasteiger partial charge on any atom is 0.416 e. The number of hydrogen-bond donors (Lipinski definition) is 1. The van der Waals surface area contributed by atoms with Crippen LogP contribution in [0.1, 0.15) is 30.5 Å². The topological polar surface area (TPSA) is 40.1 Å². The Morgan fingerprint density at radius 3 is 2.63 bits per heavy atom. The van der Waals surface area contributed by atoms with Crippen LogP contribution in [-0.2, 0) is 17.5 Å². The molecule has 1 atom stereocenters. The number of amidine groups is 1. The van der Waals surface area contributed by atoms with Crippen molar-refractivity contribution in [3.05, 3.63) is 57.8 Å². The molecule has 1 aliphatic rings. The monoisotopic (exact) mass is 440 g/mol. The van der Waals surface area contributed by atoms with E-state index in [1.54, 1.807) is 24.5 Å². The van der Waals surface area contributed by atoms with Crippen LogP contribution >= 0.6 is 11.3 Å². The Hall–Kier alpha value is -2.10. The fourth-order valence-electron chi connectivity index (χ4n) is 3.46. The summed E-state index contributed by atoms with van der Waals surface area (Å²) in [4.78, 5) is 2.13. The Morgan fingerprint density at radius 1 is 1.23 bits per heavy atom. The van der Waals surface area contributed by atoms with Crippen LogP contribution in [0.3, 0.4) is 0 Å². The molecule has 1 unspecified atom stereocenters. The van der Waals surface area contributed by atoms with Crippen LogP contribution in [-0.4, -0.2) is 48.8 Å². The minimum absolute atomic E-state index is 0.137. The molecule has 0 saturated carbocycles. The largest absolute Gasteiger partial charge is 0.416 e. The van der Waals surface area contributed by atoms with Crippen LogP contribution in [0.4, 0.5) is 13.2 Å². The lowest BCUT2D eigenvalue weighted by Crippen LogP contribution is -2.46. The van der Waals surface area contributed by atoms with E-state index in [1.807, 2.05) is 16.5 Å². The van der Waals surface area contributed by atoms with E-state index < -0.39 is 11.7 Å². The van der Waals surface area contributed by atoms with Gasteiger partial charge in [-0.05, 0) is 29.0 Å². The molecule has 1 N–H and O–H groups in total. The van der Waals surface area contributed by atoms with Crippen molar-refractivity contribution < 1.29 is 17.9 Å². The second kappa shape index (κ2) is 9.80. The van der Waals surface area contributed by atoms with E-state index in [-0.39, 0.29) is 18.5 Å². The second-order valence-corrected chi connectivity index (χ2v) is 8.32. The van der Waals surface area contributed by atoms with Gasteiger partial charge < -0.3 is 15.0 Å². The standard InChI is InChI=1S/C21H27F3N4OS/c1-15(2)13-27-19(17-8-11-30-14-17)26-28(20(27)29-3)10-9-25-12-16-6-4-5-7-18(16)21(22,23)24/h4-8,11,14-15,20,25H,9-10,12-13H2,1-3H3. The van der Waals surface area contributed by atoms with Crippen molar-refractivity contribution in [2.45, 2.75) is 32.9 Å². The highest BCUT2D eigenvalue weighted by molar-refractivity contribution is 7.08. The number of ether oxygens (including phenoxy) is 1. The van der Waals surface area contributed by atoms with Crippen LogP contribution < -0.4 is 5.32 Å². The molecule has 0 saturated heterocycles. The van der Waals surface area contributed by atoms with Crippen molar-refractivity contribution in [1.29, 1.82) is 0 Å². The quantitative estimate of drug-likeness (QED) is 0.586. The minimum atomic E-state index is -4.36. The van der Waals surface area contributed by atoms with Crippen LogP contribution in [0.25, 0.3) is 0 Å². The zero-order chi connectivity index (χ0) is 21.7. The molecular formula is C21H27F3N4OS. The summed E-state index contributed by atoms with van der Waals surface area (Å²) in [6.07, 6.45) is -4.70. The highest BCUT2D eigenvalue weighted by Gasteiger charge is 2.35. The number of benzene rings is 1. The predicted molar refractivity (Wildman–Crippen MR) is 113 cm³/mol. The zero-order valence-electron chi connectivity index (χ0n) is 17.3. The Bertz CT molecular complexity index is 839. The molecule has 1 aromatic carbocycles. The fraction of sp³-hybridized carbons (Fsp3) is 0.476. The number of rotatable bonds is 9. The molecule has 0 fully saturated rings. The first-order valence-electron chi connectivity index (χ1n) is 9.84.